The Morgan fingerprint density at radius 1 is 0.941 bits per heavy atom. The van der Waals surface area contributed by atoms with Crippen LogP contribution in [0.25, 0.3) is 22.2 Å². The maximum Gasteiger partial charge on any atom is 0.251 e. The number of aromatic nitrogens is 4. The topological polar surface area (TPSA) is 84.7 Å². The van der Waals surface area contributed by atoms with Gasteiger partial charge in [-0.1, -0.05) is 68.1 Å². The highest BCUT2D eigenvalue weighted by molar-refractivity contribution is 7.99. The minimum Gasteiger partial charge on any atom is -0.369 e. The van der Waals surface area contributed by atoms with Crippen molar-refractivity contribution in [1.29, 1.82) is 0 Å². The number of fused-ring (bicyclic) bond motifs is 1. The Bertz CT molecular complexity index is 1220. The van der Waals surface area contributed by atoms with Crippen molar-refractivity contribution in [1.82, 2.24) is 25.1 Å². The molecule has 0 aliphatic carbocycles. The molecule has 1 amide bonds. The standard InChI is InChI=1S/C26H30N6OS/c1-3-14-27-23-22-18-29-32(24(22)31-26(30-23)34-17-4-2)16-15-28-25(33)21-12-10-20(11-13-21)19-8-6-5-7-9-19/h5-13,18H,3-4,14-17H2,1-2H3,(H,28,33)(H,27,30,31). The lowest BCUT2D eigenvalue weighted by Gasteiger charge is -2.10. The summed E-state index contributed by atoms with van der Waals surface area (Å²) in [6, 6.07) is 17.8. The van der Waals surface area contributed by atoms with Gasteiger partial charge in [-0.05, 0) is 36.1 Å². The van der Waals surface area contributed by atoms with Crippen molar-refractivity contribution in [3.05, 3.63) is 66.4 Å². The van der Waals surface area contributed by atoms with Gasteiger partial charge in [0, 0.05) is 24.4 Å². The van der Waals surface area contributed by atoms with Crippen LogP contribution < -0.4 is 10.6 Å². The third-order valence-corrected chi connectivity index (χ3v) is 6.37. The molecule has 0 saturated carbocycles. The summed E-state index contributed by atoms with van der Waals surface area (Å²) >= 11 is 1.65. The maximum absolute atomic E-state index is 12.6. The van der Waals surface area contributed by atoms with Crippen molar-refractivity contribution in [3.8, 4) is 11.1 Å². The summed E-state index contributed by atoms with van der Waals surface area (Å²) in [6.45, 7) is 6.09. The van der Waals surface area contributed by atoms with E-state index in [1.807, 2.05) is 47.1 Å². The van der Waals surface area contributed by atoms with Crippen molar-refractivity contribution in [2.75, 3.05) is 24.2 Å². The fraction of sp³-hybridized carbons (Fsp3) is 0.308. The molecule has 0 radical (unpaired) electrons. The van der Waals surface area contributed by atoms with E-state index in [-0.39, 0.29) is 5.91 Å². The summed E-state index contributed by atoms with van der Waals surface area (Å²) < 4.78 is 1.84. The number of hydrogen-bond donors (Lipinski definition) is 2. The molecule has 0 fully saturated rings. The van der Waals surface area contributed by atoms with Crippen LogP contribution in [0.2, 0.25) is 0 Å². The monoisotopic (exact) mass is 474 g/mol. The Labute approximate surface area is 204 Å². The highest BCUT2D eigenvalue weighted by Crippen LogP contribution is 2.25. The Balaban J connectivity index is 1.42. The second-order valence-corrected chi connectivity index (χ2v) is 9.00. The molecule has 2 aromatic heterocycles. The lowest BCUT2D eigenvalue weighted by molar-refractivity contribution is 0.0952. The van der Waals surface area contributed by atoms with E-state index >= 15 is 0 Å². The van der Waals surface area contributed by atoms with Gasteiger partial charge in [-0.25, -0.2) is 14.6 Å². The van der Waals surface area contributed by atoms with Crippen LogP contribution in [0.3, 0.4) is 0 Å². The molecule has 0 aliphatic rings. The van der Waals surface area contributed by atoms with Gasteiger partial charge in [0.1, 0.15) is 5.82 Å². The smallest absolute Gasteiger partial charge is 0.251 e. The largest absolute Gasteiger partial charge is 0.369 e. The molecule has 34 heavy (non-hydrogen) atoms. The van der Waals surface area contributed by atoms with E-state index in [1.165, 1.54) is 0 Å². The fourth-order valence-corrected chi connectivity index (χ4v) is 4.25. The Morgan fingerprint density at radius 3 is 2.44 bits per heavy atom. The maximum atomic E-state index is 12.6. The SMILES string of the molecule is CCCNc1nc(SCCC)nc2c1cnn2CCNC(=O)c1ccc(-c2ccccc2)cc1. The number of nitrogens with zero attached hydrogens (tertiary/aromatic N) is 4. The lowest BCUT2D eigenvalue weighted by Crippen LogP contribution is -2.27. The summed E-state index contributed by atoms with van der Waals surface area (Å²) in [6.07, 6.45) is 3.86. The average Bonchev–Trinajstić information content (AvgIpc) is 3.29. The second kappa shape index (κ2) is 11.7. The Hall–Kier alpha value is -3.39. The number of carbonyl (C=O) groups is 1. The molecule has 0 aliphatic heterocycles. The Kier molecular flexibility index (Phi) is 8.14. The van der Waals surface area contributed by atoms with Crippen LogP contribution in [-0.2, 0) is 6.54 Å². The van der Waals surface area contributed by atoms with Gasteiger partial charge in [-0.2, -0.15) is 5.10 Å². The molecule has 176 valence electrons. The zero-order valence-electron chi connectivity index (χ0n) is 19.6. The van der Waals surface area contributed by atoms with Gasteiger partial charge >= 0.3 is 0 Å². The summed E-state index contributed by atoms with van der Waals surface area (Å²) in [5.41, 5.74) is 3.64. The molecule has 0 bridgehead atoms. The highest BCUT2D eigenvalue weighted by atomic mass is 32.2. The molecular weight excluding hydrogens is 444 g/mol. The summed E-state index contributed by atoms with van der Waals surface area (Å²) in [5.74, 6) is 1.68. The predicted octanol–water partition coefficient (Wildman–Crippen LogP) is 5.25. The second-order valence-electron chi connectivity index (χ2n) is 7.93. The Morgan fingerprint density at radius 2 is 1.71 bits per heavy atom. The van der Waals surface area contributed by atoms with E-state index in [2.05, 4.69) is 46.7 Å². The van der Waals surface area contributed by atoms with Gasteiger partial charge in [0.05, 0.1) is 18.1 Å². The number of hydrogen-bond acceptors (Lipinski definition) is 6. The molecule has 0 spiro atoms. The van der Waals surface area contributed by atoms with Gasteiger partial charge in [0.2, 0.25) is 0 Å². The van der Waals surface area contributed by atoms with Gasteiger partial charge in [0.15, 0.2) is 10.8 Å². The van der Waals surface area contributed by atoms with Crippen LogP contribution in [-0.4, -0.2) is 44.5 Å². The molecule has 7 nitrogen and oxygen atoms in total. The van der Waals surface area contributed by atoms with Crippen LogP contribution in [0.5, 0.6) is 0 Å². The van der Waals surface area contributed by atoms with Gasteiger partial charge in [-0.15, -0.1) is 0 Å². The third-order valence-electron chi connectivity index (χ3n) is 5.32. The van der Waals surface area contributed by atoms with Gasteiger partial charge < -0.3 is 10.6 Å². The highest BCUT2D eigenvalue weighted by Gasteiger charge is 2.14. The number of anilines is 1. The minimum atomic E-state index is -0.102. The van der Waals surface area contributed by atoms with Crippen molar-refractivity contribution in [2.45, 2.75) is 38.4 Å². The molecular formula is C26H30N6OS. The first-order valence-corrected chi connectivity index (χ1v) is 12.7. The van der Waals surface area contributed by atoms with Crippen LogP contribution >= 0.6 is 11.8 Å². The molecule has 2 N–H and O–H groups in total. The van der Waals surface area contributed by atoms with Crippen LogP contribution in [0.4, 0.5) is 5.82 Å². The summed E-state index contributed by atoms with van der Waals surface area (Å²) in [5, 5.41) is 12.5. The number of thioether (sulfide) groups is 1. The average molecular weight is 475 g/mol. The van der Waals surface area contributed by atoms with Crippen LogP contribution in [0.15, 0.2) is 66.0 Å². The van der Waals surface area contributed by atoms with E-state index in [9.17, 15) is 4.79 Å². The number of rotatable bonds is 11. The number of amides is 1. The minimum absolute atomic E-state index is 0.102. The van der Waals surface area contributed by atoms with E-state index < -0.39 is 0 Å². The molecule has 0 saturated heterocycles. The van der Waals surface area contributed by atoms with Crippen molar-refractivity contribution >= 4 is 34.5 Å². The number of nitrogens with one attached hydrogen (secondary N) is 2. The van der Waals surface area contributed by atoms with E-state index in [1.54, 1.807) is 18.0 Å². The normalized spacial score (nSPS) is 11.0. The first-order valence-electron chi connectivity index (χ1n) is 11.7. The molecule has 4 rings (SSSR count). The summed E-state index contributed by atoms with van der Waals surface area (Å²) in [7, 11) is 0. The van der Waals surface area contributed by atoms with E-state index in [0.717, 1.165) is 58.3 Å². The van der Waals surface area contributed by atoms with Gasteiger partial charge in [0.25, 0.3) is 5.91 Å². The number of carbonyl (C=O) groups excluding carboxylic acids is 1. The molecule has 8 heteroatoms. The quantitative estimate of drug-likeness (QED) is 0.228. The predicted molar refractivity (Wildman–Crippen MR) is 139 cm³/mol. The van der Waals surface area contributed by atoms with Crippen LogP contribution in [0, 0.1) is 0 Å². The van der Waals surface area contributed by atoms with Crippen molar-refractivity contribution in [3.63, 3.8) is 0 Å². The molecule has 2 aromatic carbocycles. The first kappa shape index (κ1) is 23.8. The van der Waals surface area contributed by atoms with Crippen molar-refractivity contribution < 1.29 is 4.79 Å². The van der Waals surface area contributed by atoms with Gasteiger partial charge in [-0.3, -0.25) is 4.79 Å². The van der Waals surface area contributed by atoms with E-state index in [4.69, 9.17) is 4.98 Å². The fourth-order valence-electron chi connectivity index (χ4n) is 3.56. The molecule has 4 aromatic rings. The molecule has 2 heterocycles. The van der Waals surface area contributed by atoms with Crippen LogP contribution in [0.1, 0.15) is 37.0 Å². The van der Waals surface area contributed by atoms with Crippen molar-refractivity contribution in [2.24, 2.45) is 0 Å². The zero-order valence-corrected chi connectivity index (χ0v) is 20.4. The van der Waals surface area contributed by atoms with E-state index in [0.29, 0.717) is 18.7 Å². The number of benzene rings is 2. The first-order chi connectivity index (χ1) is 16.7. The zero-order chi connectivity index (χ0) is 23.8. The molecule has 0 atom stereocenters. The third kappa shape index (κ3) is 5.75. The summed E-state index contributed by atoms with van der Waals surface area (Å²) in [4.78, 5) is 22.1. The molecule has 0 unspecified atom stereocenters. The lowest BCUT2D eigenvalue weighted by atomic mass is 10.0.